The summed E-state index contributed by atoms with van der Waals surface area (Å²) in [6.45, 7) is 0. The van der Waals surface area contributed by atoms with Crippen molar-refractivity contribution in [3.05, 3.63) is 54.3 Å². The van der Waals surface area contributed by atoms with Crippen LogP contribution in [-0.4, -0.2) is 59.8 Å². The second-order valence-electron chi connectivity index (χ2n) is 7.26. The van der Waals surface area contributed by atoms with Crippen LogP contribution in [-0.2, 0) is 14.6 Å². The Morgan fingerprint density at radius 2 is 1.83 bits per heavy atom. The van der Waals surface area contributed by atoms with Crippen LogP contribution in [0.15, 0.2) is 53.6 Å². The average molecular weight is 446 g/mol. The summed E-state index contributed by atoms with van der Waals surface area (Å²) in [5, 5.41) is 11.0. The van der Waals surface area contributed by atoms with Crippen molar-refractivity contribution < 1.29 is 17.6 Å². The van der Waals surface area contributed by atoms with E-state index in [-0.39, 0.29) is 35.0 Å². The molecule has 1 fully saturated rings. The van der Waals surface area contributed by atoms with E-state index < -0.39 is 9.84 Å². The molecule has 4 rings (SSSR count). The van der Waals surface area contributed by atoms with Gasteiger partial charge in [-0.2, -0.15) is 0 Å². The Labute approximate surface area is 178 Å². The fourth-order valence-electron chi connectivity index (χ4n) is 3.52. The summed E-state index contributed by atoms with van der Waals surface area (Å²) >= 11 is 1.28. The molecule has 1 atom stereocenters. The van der Waals surface area contributed by atoms with Crippen LogP contribution >= 0.6 is 11.8 Å². The lowest BCUT2D eigenvalue weighted by Crippen LogP contribution is -2.38. The van der Waals surface area contributed by atoms with Crippen LogP contribution in [0.3, 0.4) is 0 Å². The maximum absolute atomic E-state index is 13.3. The predicted molar refractivity (Wildman–Crippen MR) is 115 cm³/mol. The molecular formula is C21H20FN3O3S2. The van der Waals surface area contributed by atoms with Crippen LogP contribution < -0.4 is 0 Å². The Kier molecular flexibility index (Phi) is 5.75. The van der Waals surface area contributed by atoms with Crippen LogP contribution in [0.2, 0.25) is 0 Å². The van der Waals surface area contributed by atoms with Gasteiger partial charge in [0.05, 0.1) is 17.3 Å². The van der Waals surface area contributed by atoms with Gasteiger partial charge in [0.15, 0.2) is 9.84 Å². The van der Waals surface area contributed by atoms with Gasteiger partial charge in [0.1, 0.15) is 16.5 Å². The van der Waals surface area contributed by atoms with Gasteiger partial charge in [-0.1, -0.05) is 36.0 Å². The third-order valence-corrected chi connectivity index (χ3v) is 7.97. The van der Waals surface area contributed by atoms with Crippen molar-refractivity contribution in [2.75, 3.05) is 24.3 Å². The summed E-state index contributed by atoms with van der Waals surface area (Å²) in [5.41, 5.74) is 1.41. The zero-order valence-corrected chi connectivity index (χ0v) is 17.9. The van der Waals surface area contributed by atoms with Crippen molar-refractivity contribution in [2.24, 2.45) is 0 Å². The molecule has 0 bridgehead atoms. The second kappa shape index (κ2) is 8.31. The summed E-state index contributed by atoms with van der Waals surface area (Å²) in [5.74, 6) is -0.170. The number of benzene rings is 2. The number of fused-ring (bicyclic) bond motifs is 1. The van der Waals surface area contributed by atoms with Crippen LogP contribution in [0, 0.1) is 5.82 Å². The first kappa shape index (κ1) is 20.7. The van der Waals surface area contributed by atoms with Crippen LogP contribution in [0.1, 0.15) is 6.42 Å². The smallest absolute Gasteiger partial charge is 0.233 e. The zero-order chi connectivity index (χ0) is 21.3. The summed E-state index contributed by atoms with van der Waals surface area (Å²) in [4.78, 5) is 14.1. The Morgan fingerprint density at radius 3 is 2.50 bits per heavy atom. The number of hydrogen-bond acceptors (Lipinski definition) is 6. The minimum atomic E-state index is -3.05. The quantitative estimate of drug-likeness (QED) is 0.561. The van der Waals surface area contributed by atoms with Gasteiger partial charge in [-0.25, -0.2) is 12.8 Å². The number of rotatable bonds is 5. The average Bonchev–Trinajstić information content (AvgIpc) is 3.11. The fraction of sp³-hybridized carbons (Fsp3) is 0.286. The van der Waals surface area contributed by atoms with Crippen LogP contribution in [0.25, 0.3) is 22.0 Å². The maximum Gasteiger partial charge on any atom is 0.233 e. The Bertz CT molecular complexity index is 1200. The first-order valence-electron chi connectivity index (χ1n) is 9.44. The molecule has 2 heterocycles. The first-order chi connectivity index (χ1) is 14.3. The lowest BCUT2D eigenvalue weighted by atomic mass is 10.1. The summed E-state index contributed by atoms with van der Waals surface area (Å²) < 4.78 is 36.6. The number of carbonyl (C=O) groups excluding carboxylic acids is 1. The molecule has 1 amide bonds. The molecule has 0 saturated carbocycles. The van der Waals surface area contributed by atoms with Gasteiger partial charge in [0, 0.05) is 29.4 Å². The summed E-state index contributed by atoms with van der Waals surface area (Å²) in [6, 6.07) is 13.4. The molecule has 0 radical (unpaired) electrons. The third kappa shape index (κ3) is 4.32. The minimum Gasteiger partial charge on any atom is -0.341 e. The van der Waals surface area contributed by atoms with Gasteiger partial charge >= 0.3 is 0 Å². The number of halogens is 1. The van der Waals surface area contributed by atoms with E-state index in [4.69, 9.17) is 0 Å². The van der Waals surface area contributed by atoms with Crippen molar-refractivity contribution in [2.45, 2.75) is 17.5 Å². The van der Waals surface area contributed by atoms with E-state index in [1.165, 1.54) is 28.8 Å². The second-order valence-corrected chi connectivity index (χ2v) is 10.4. The van der Waals surface area contributed by atoms with Crippen molar-refractivity contribution in [3.63, 3.8) is 0 Å². The number of sulfone groups is 1. The molecule has 3 aromatic rings. The monoisotopic (exact) mass is 445 g/mol. The van der Waals surface area contributed by atoms with E-state index in [0.717, 1.165) is 16.3 Å². The molecule has 2 aromatic carbocycles. The molecule has 0 spiro atoms. The molecule has 1 aliphatic rings. The van der Waals surface area contributed by atoms with E-state index in [9.17, 15) is 17.6 Å². The van der Waals surface area contributed by atoms with Crippen LogP contribution in [0.5, 0.6) is 0 Å². The molecule has 30 heavy (non-hydrogen) atoms. The van der Waals surface area contributed by atoms with Crippen molar-refractivity contribution >= 4 is 38.3 Å². The number of hydrogen-bond donors (Lipinski definition) is 0. The van der Waals surface area contributed by atoms with E-state index >= 15 is 0 Å². The number of amides is 1. The van der Waals surface area contributed by atoms with E-state index in [0.29, 0.717) is 17.1 Å². The van der Waals surface area contributed by atoms with Crippen molar-refractivity contribution in [1.82, 2.24) is 15.1 Å². The molecule has 0 unspecified atom stereocenters. The Hall–Kier alpha value is -2.52. The molecule has 9 heteroatoms. The summed E-state index contributed by atoms with van der Waals surface area (Å²) in [6.07, 6.45) is 0.477. The molecule has 6 nitrogen and oxygen atoms in total. The van der Waals surface area contributed by atoms with Gasteiger partial charge in [0.25, 0.3) is 0 Å². The first-order valence-corrected chi connectivity index (χ1v) is 12.2. The third-order valence-electron chi connectivity index (χ3n) is 5.25. The normalized spacial score (nSPS) is 17.9. The highest BCUT2D eigenvalue weighted by atomic mass is 32.2. The van der Waals surface area contributed by atoms with Crippen molar-refractivity contribution in [3.8, 4) is 11.3 Å². The number of nitrogens with zero attached hydrogens (tertiary/aromatic N) is 3. The van der Waals surface area contributed by atoms with Gasteiger partial charge in [0.2, 0.25) is 5.91 Å². The number of carbonyl (C=O) groups is 1. The predicted octanol–water partition coefficient (Wildman–Crippen LogP) is 3.17. The number of thioether (sulfide) groups is 1. The van der Waals surface area contributed by atoms with E-state index in [2.05, 4.69) is 10.2 Å². The van der Waals surface area contributed by atoms with Crippen LogP contribution in [0.4, 0.5) is 4.39 Å². The van der Waals surface area contributed by atoms with E-state index in [1.54, 1.807) is 19.2 Å². The standard InChI is InChI=1S/C21H20FN3O3S2/c1-25(16-10-11-30(27,28)13-16)19(26)12-29-21-18-5-3-2-4-17(18)20(23-24-21)14-6-8-15(22)9-7-14/h2-9,16H,10-13H2,1H3/t16-/m0/s1. The molecular weight excluding hydrogens is 425 g/mol. The molecule has 1 aliphatic heterocycles. The topological polar surface area (TPSA) is 80.2 Å². The highest BCUT2D eigenvalue weighted by Gasteiger charge is 2.32. The van der Waals surface area contributed by atoms with Gasteiger partial charge in [-0.05, 0) is 30.7 Å². The van der Waals surface area contributed by atoms with Gasteiger partial charge in [-0.3, -0.25) is 4.79 Å². The SMILES string of the molecule is CN(C(=O)CSc1nnc(-c2ccc(F)cc2)c2ccccc12)[C@H]1CCS(=O)(=O)C1. The van der Waals surface area contributed by atoms with Crippen molar-refractivity contribution in [1.29, 1.82) is 0 Å². The number of aromatic nitrogens is 2. The highest BCUT2D eigenvalue weighted by molar-refractivity contribution is 8.00. The fourth-order valence-corrected chi connectivity index (χ4v) is 6.19. The molecule has 0 N–H and O–H groups in total. The lowest BCUT2D eigenvalue weighted by molar-refractivity contribution is -0.128. The molecule has 1 aromatic heterocycles. The molecule has 0 aliphatic carbocycles. The zero-order valence-electron chi connectivity index (χ0n) is 16.3. The van der Waals surface area contributed by atoms with Gasteiger partial charge in [-0.15, -0.1) is 10.2 Å². The Balaban J connectivity index is 1.54. The Morgan fingerprint density at radius 1 is 1.13 bits per heavy atom. The summed E-state index contributed by atoms with van der Waals surface area (Å²) in [7, 11) is -1.40. The lowest BCUT2D eigenvalue weighted by Gasteiger charge is -2.23. The van der Waals surface area contributed by atoms with E-state index in [1.807, 2.05) is 24.3 Å². The molecule has 156 valence electrons. The molecule has 1 saturated heterocycles. The van der Waals surface area contributed by atoms with Gasteiger partial charge < -0.3 is 4.90 Å². The highest BCUT2D eigenvalue weighted by Crippen LogP contribution is 2.32. The minimum absolute atomic E-state index is 0.0228. The maximum atomic E-state index is 13.3. The largest absolute Gasteiger partial charge is 0.341 e.